The first-order valence-corrected chi connectivity index (χ1v) is 7.27. The molecule has 2 N–H and O–H groups in total. The number of aliphatic hydroxyl groups excluding tert-OH is 1. The third-order valence-electron chi connectivity index (χ3n) is 4.20. The van der Waals surface area contributed by atoms with Crippen LogP contribution in [0.5, 0.6) is 0 Å². The lowest BCUT2D eigenvalue weighted by Gasteiger charge is -2.44. The highest BCUT2D eigenvalue weighted by molar-refractivity contribution is 5.31. The molecule has 1 fully saturated rings. The van der Waals surface area contributed by atoms with Crippen molar-refractivity contribution in [2.45, 2.75) is 26.8 Å². The van der Waals surface area contributed by atoms with Crippen LogP contribution >= 0.6 is 0 Å². The van der Waals surface area contributed by atoms with Gasteiger partial charge in [0.15, 0.2) is 0 Å². The number of benzene rings is 1. The van der Waals surface area contributed by atoms with Crippen molar-refractivity contribution in [2.24, 2.45) is 5.41 Å². The fourth-order valence-corrected chi connectivity index (χ4v) is 3.04. The van der Waals surface area contributed by atoms with Crippen LogP contribution in [-0.4, -0.2) is 42.8 Å². The Morgan fingerprint density at radius 3 is 2.60 bits per heavy atom. The van der Waals surface area contributed by atoms with Crippen LogP contribution in [0.1, 0.15) is 31.0 Å². The monoisotopic (exact) mass is 280 g/mol. The molecule has 0 saturated carbocycles. The van der Waals surface area contributed by atoms with Gasteiger partial charge in [0.05, 0.1) is 0 Å². The normalized spacial score (nSPS) is 19.1. The number of piperazine rings is 1. The van der Waals surface area contributed by atoms with Crippen molar-refractivity contribution in [3.63, 3.8) is 0 Å². The SMILES string of the molecule is Cc1ccc(F)cc1[C@H](N1CCNCC1)C(C)(C)CO. The summed E-state index contributed by atoms with van der Waals surface area (Å²) >= 11 is 0. The van der Waals surface area contributed by atoms with Crippen LogP contribution in [-0.2, 0) is 0 Å². The van der Waals surface area contributed by atoms with Crippen molar-refractivity contribution in [1.82, 2.24) is 10.2 Å². The molecule has 1 heterocycles. The molecule has 4 heteroatoms. The lowest BCUT2D eigenvalue weighted by atomic mass is 9.78. The molecule has 0 radical (unpaired) electrons. The Labute approximate surface area is 120 Å². The van der Waals surface area contributed by atoms with Crippen molar-refractivity contribution < 1.29 is 9.50 Å². The Bertz CT molecular complexity index is 456. The van der Waals surface area contributed by atoms with E-state index in [1.165, 1.54) is 6.07 Å². The molecule has 20 heavy (non-hydrogen) atoms. The number of aryl methyl sites for hydroxylation is 1. The first kappa shape index (κ1) is 15.4. The standard InChI is InChI=1S/C16H25FN2O/c1-12-4-5-13(17)10-14(12)15(16(2,3)11-20)19-8-6-18-7-9-19/h4-5,10,15,18,20H,6-9,11H2,1-3H3/t15-/m0/s1. The number of nitrogens with zero attached hydrogens (tertiary/aromatic N) is 1. The molecule has 0 spiro atoms. The first-order chi connectivity index (χ1) is 9.45. The molecule has 3 nitrogen and oxygen atoms in total. The van der Waals surface area contributed by atoms with E-state index in [2.05, 4.69) is 10.2 Å². The molecule has 1 aliphatic heterocycles. The van der Waals surface area contributed by atoms with Gasteiger partial charge in [-0.15, -0.1) is 0 Å². The summed E-state index contributed by atoms with van der Waals surface area (Å²) in [6, 6.07) is 4.98. The number of nitrogens with one attached hydrogen (secondary N) is 1. The van der Waals surface area contributed by atoms with E-state index in [1.54, 1.807) is 6.07 Å². The van der Waals surface area contributed by atoms with Crippen LogP contribution in [0.2, 0.25) is 0 Å². The lowest BCUT2D eigenvalue weighted by Crippen LogP contribution is -2.49. The zero-order valence-electron chi connectivity index (χ0n) is 12.6. The molecule has 0 unspecified atom stereocenters. The molecule has 0 aromatic heterocycles. The smallest absolute Gasteiger partial charge is 0.123 e. The van der Waals surface area contributed by atoms with Gasteiger partial charge in [-0.2, -0.15) is 0 Å². The van der Waals surface area contributed by atoms with Crippen LogP contribution in [0, 0.1) is 18.2 Å². The summed E-state index contributed by atoms with van der Waals surface area (Å²) in [5.74, 6) is -0.209. The largest absolute Gasteiger partial charge is 0.396 e. The summed E-state index contributed by atoms with van der Waals surface area (Å²) < 4.78 is 13.7. The van der Waals surface area contributed by atoms with E-state index in [4.69, 9.17) is 0 Å². The Morgan fingerprint density at radius 1 is 1.35 bits per heavy atom. The fraction of sp³-hybridized carbons (Fsp3) is 0.625. The van der Waals surface area contributed by atoms with Crippen molar-refractivity contribution >= 4 is 0 Å². The second-order valence-electron chi connectivity index (χ2n) is 6.34. The van der Waals surface area contributed by atoms with Crippen molar-refractivity contribution in [1.29, 1.82) is 0 Å². The van der Waals surface area contributed by atoms with Gasteiger partial charge >= 0.3 is 0 Å². The maximum atomic E-state index is 13.7. The number of hydrogen-bond donors (Lipinski definition) is 2. The Kier molecular flexibility index (Phi) is 4.78. The highest BCUT2D eigenvalue weighted by Gasteiger charge is 2.36. The molecular weight excluding hydrogens is 255 g/mol. The molecule has 0 bridgehead atoms. The maximum absolute atomic E-state index is 13.7. The van der Waals surface area contributed by atoms with Gasteiger partial charge in [0, 0.05) is 44.2 Å². The number of rotatable bonds is 4. The zero-order chi connectivity index (χ0) is 14.8. The lowest BCUT2D eigenvalue weighted by molar-refractivity contribution is 0.0300. The van der Waals surface area contributed by atoms with Gasteiger partial charge in [-0.3, -0.25) is 4.90 Å². The fourth-order valence-electron chi connectivity index (χ4n) is 3.04. The molecule has 2 rings (SSSR count). The van der Waals surface area contributed by atoms with Crippen molar-refractivity contribution in [2.75, 3.05) is 32.8 Å². The molecule has 0 amide bonds. The second kappa shape index (κ2) is 6.20. The van der Waals surface area contributed by atoms with E-state index >= 15 is 0 Å². The summed E-state index contributed by atoms with van der Waals surface area (Å²) in [5, 5.41) is 13.1. The summed E-state index contributed by atoms with van der Waals surface area (Å²) in [4.78, 5) is 2.36. The van der Waals surface area contributed by atoms with Gasteiger partial charge in [-0.1, -0.05) is 19.9 Å². The minimum atomic E-state index is -0.310. The van der Waals surface area contributed by atoms with Gasteiger partial charge in [0.2, 0.25) is 0 Å². The second-order valence-corrected chi connectivity index (χ2v) is 6.34. The highest BCUT2D eigenvalue weighted by atomic mass is 19.1. The van der Waals surface area contributed by atoms with Gasteiger partial charge in [0.25, 0.3) is 0 Å². The molecule has 0 aliphatic carbocycles. The maximum Gasteiger partial charge on any atom is 0.123 e. The van der Waals surface area contributed by atoms with Crippen LogP contribution in [0.25, 0.3) is 0 Å². The Balaban J connectivity index is 2.42. The van der Waals surface area contributed by atoms with Crippen LogP contribution in [0.3, 0.4) is 0 Å². The van der Waals surface area contributed by atoms with Crippen LogP contribution in [0.4, 0.5) is 4.39 Å². The minimum Gasteiger partial charge on any atom is -0.396 e. The van der Waals surface area contributed by atoms with E-state index in [0.29, 0.717) is 0 Å². The molecular formula is C16H25FN2O. The van der Waals surface area contributed by atoms with Crippen LogP contribution < -0.4 is 5.32 Å². The van der Waals surface area contributed by atoms with Crippen LogP contribution in [0.15, 0.2) is 18.2 Å². The van der Waals surface area contributed by atoms with Gasteiger partial charge in [0.1, 0.15) is 5.82 Å². The first-order valence-electron chi connectivity index (χ1n) is 7.27. The van der Waals surface area contributed by atoms with Crippen molar-refractivity contribution in [3.8, 4) is 0 Å². The zero-order valence-corrected chi connectivity index (χ0v) is 12.6. The Hall–Kier alpha value is -0.970. The van der Waals surface area contributed by atoms with Gasteiger partial charge < -0.3 is 10.4 Å². The summed E-state index contributed by atoms with van der Waals surface area (Å²) in [7, 11) is 0. The van der Waals surface area contributed by atoms with E-state index in [-0.39, 0.29) is 23.9 Å². The highest BCUT2D eigenvalue weighted by Crippen LogP contribution is 2.39. The number of aliphatic hydroxyl groups is 1. The third kappa shape index (κ3) is 3.19. The van der Waals surface area contributed by atoms with E-state index < -0.39 is 0 Å². The van der Waals surface area contributed by atoms with E-state index in [9.17, 15) is 9.50 Å². The Morgan fingerprint density at radius 2 is 2.00 bits per heavy atom. The molecule has 1 saturated heterocycles. The molecule has 1 atom stereocenters. The quantitative estimate of drug-likeness (QED) is 0.886. The predicted molar refractivity (Wildman–Crippen MR) is 79.2 cm³/mol. The topological polar surface area (TPSA) is 35.5 Å². The summed E-state index contributed by atoms with van der Waals surface area (Å²) in [5.41, 5.74) is 1.76. The van der Waals surface area contributed by atoms with Gasteiger partial charge in [-0.25, -0.2) is 4.39 Å². The number of hydrogen-bond acceptors (Lipinski definition) is 3. The average Bonchev–Trinajstić information content (AvgIpc) is 2.44. The molecule has 1 aromatic rings. The average molecular weight is 280 g/mol. The molecule has 112 valence electrons. The third-order valence-corrected chi connectivity index (χ3v) is 4.20. The number of halogens is 1. The summed E-state index contributed by atoms with van der Waals surface area (Å²) in [6.07, 6.45) is 0. The van der Waals surface area contributed by atoms with Crippen molar-refractivity contribution in [3.05, 3.63) is 35.1 Å². The predicted octanol–water partition coefficient (Wildman–Crippen LogP) is 2.10. The van der Waals surface area contributed by atoms with E-state index in [0.717, 1.165) is 37.3 Å². The van der Waals surface area contributed by atoms with Gasteiger partial charge in [-0.05, 0) is 30.2 Å². The molecule has 1 aliphatic rings. The van der Waals surface area contributed by atoms with E-state index in [1.807, 2.05) is 26.8 Å². The minimum absolute atomic E-state index is 0.0327. The molecule has 1 aromatic carbocycles. The summed E-state index contributed by atoms with van der Waals surface area (Å²) in [6.45, 7) is 9.90.